The molecule has 1 fully saturated rings. The van der Waals surface area contributed by atoms with Gasteiger partial charge >= 0.3 is 0 Å². The largest absolute Gasteiger partial charge is 0.496 e. The quantitative estimate of drug-likeness (QED) is 0.805. The lowest BCUT2D eigenvalue weighted by Crippen LogP contribution is -2.36. The van der Waals surface area contributed by atoms with Crippen LogP contribution >= 0.6 is 11.6 Å². The summed E-state index contributed by atoms with van der Waals surface area (Å²) in [5.74, 6) is -0.0107. The van der Waals surface area contributed by atoms with Crippen molar-refractivity contribution in [3.63, 3.8) is 0 Å². The van der Waals surface area contributed by atoms with E-state index in [1.165, 1.54) is 19.3 Å². The number of nitrogens with zero attached hydrogens (tertiary/aromatic N) is 1. The van der Waals surface area contributed by atoms with Gasteiger partial charge in [0, 0.05) is 28.4 Å². The fraction of sp³-hybridized carbons (Fsp3) is 0.409. The van der Waals surface area contributed by atoms with E-state index in [2.05, 4.69) is 10.2 Å². The van der Waals surface area contributed by atoms with E-state index in [4.69, 9.17) is 16.3 Å². The molecule has 0 saturated carbocycles. The van der Waals surface area contributed by atoms with E-state index >= 15 is 0 Å². The lowest BCUT2D eigenvalue weighted by atomic mass is 9.85. The number of halogens is 1. The Morgan fingerprint density at radius 3 is 2.68 bits per heavy atom. The summed E-state index contributed by atoms with van der Waals surface area (Å²) in [7, 11) is 1.54. The molecule has 2 aromatic rings. The van der Waals surface area contributed by atoms with Crippen LogP contribution in [0.3, 0.4) is 0 Å². The van der Waals surface area contributed by atoms with Crippen molar-refractivity contribution in [1.82, 2.24) is 4.90 Å². The molecule has 2 aromatic carbocycles. The van der Waals surface area contributed by atoms with Crippen LogP contribution in [0.2, 0.25) is 5.02 Å². The van der Waals surface area contributed by atoms with Crippen LogP contribution in [0.1, 0.15) is 36.0 Å². The van der Waals surface area contributed by atoms with Gasteiger partial charge in [0.15, 0.2) is 5.60 Å². The van der Waals surface area contributed by atoms with E-state index in [1.54, 1.807) is 25.3 Å². The topological polar surface area (TPSA) is 61.8 Å². The van der Waals surface area contributed by atoms with Crippen molar-refractivity contribution < 1.29 is 14.6 Å². The van der Waals surface area contributed by atoms with Gasteiger partial charge in [0.1, 0.15) is 5.75 Å². The first-order valence-corrected chi connectivity index (χ1v) is 10.1. The normalized spacial score (nSPS) is 22.0. The zero-order valence-corrected chi connectivity index (χ0v) is 16.8. The maximum absolute atomic E-state index is 12.8. The predicted molar refractivity (Wildman–Crippen MR) is 110 cm³/mol. The predicted octanol–water partition coefficient (Wildman–Crippen LogP) is 3.57. The molecule has 1 unspecified atom stereocenters. The van der Waals surface area contributed by atoms with Gasteiger partial charge in [0.05, 0.1) is 7.11 Å². The number of hydrogen-bond acceptors (Lipinski definition) is 4. The molecule has 0 aromatic heterocycles. The van der Waals surface area contributed by atoms with E-state index in [0.29, 0.717) is 27.6 Å². The summed E-state index contributed by atoms with van der Waals surface area (Å²) >= 11 is 6.14. The molecular weight excluding hydrogens is 376 g/mol. The SMILES string of the molecule is COc1ccc(CCN2CCCCC2)cc1C1(O)C(=O)Nc2ccc(Cl)cc21. The lowest BCUT2D eigenvalue weighted by molar-refractivity contribution is -0.129. The number of likely N-dealkylation sites (tertiary alicyclic amines) is 1. The minimum absolute atomic E-state index is 0.449. The van der Waals surface area contributed by atoms with Gasteiger partial charge in [0.25, 0.3) is 5.91 Å². The molecule has 4 rings (SSSR count). The average molecular weight is 401 g/mol. The Balaban J connectivity index is 1.68. The first kappa shape index (κ1) is 19.2. The fourth-order valence-corrected chi connectivity index (χ4v) is 4.36. The highest BCUT2D eigenvalue weighted by atomic mass is 35.5. The number of benzene rings is 2. The Kier molecular flexibility index (Phi) is 5.32. The number of fused-ring (bicyclic) bond motifs is 1. The molecule has 2 N–H and O–H groups in total. The molecular formula is C22H25ClN2O3. The second kappa shape index (κ2) is 7.74. The van der Waals surface area contributed by atoms with E-state index in [0.717, 1.165) is 31.6 Å². The molecule has 0 bridgehead atoms. The number of nitrogens with one attached hydrogen (secondary N) is 1. The third kappa shape index (κ3) is 3.39. The molecule has 1 saturated heterocycles. The van der Waals surface area contributed by atoms with Crippen molar-refractivity contribution in [2.75, 3.05) is 32.1 Å². The van der Waals surface area contributed by atoms with E-state index < -0.39 is 11.5 Å². The van der Waals surface area contributed by atoms with E-state index in [-0.39, 0.29) is 0 Å². The standard InChI is InChI=1S/C22H25ClN2O3/c1-28-20-8-5-15(9-12-25-10-3-2-4-11-25)13-18(20)22(27)17-14-16(23)6-7-19(17)24-21(22)26/h5-8,13-14,27H,2-4,9-12H2,1H3,(H,24,26). The van der Waals surface area contributed by atoms with Crippen molar-refractivity contribution in [1.29, 1.82) is 0 Å². The first-order chi connectivity index (χ1) is 13.5. The van der Waals surface area contributed by atoms with Gasteiger partial charge in [0.2, 0.25) is 0 Å². The van der Waals surface area contributed by atoms with Crippen LogP contribution in [-0.4, -0.2) is 42.7 Å². The number of amides is 1. The van der Waals surface area contributed by atoms with Gasteiger partial charge in [-0.25, -0.2) is 0 Å². The number of rotatable bonds is 5. The third-order valence-corrected chi connectivity index (χ3v) is 6.00. The second-order valence-electron chi connectivity index (χ2n) is 7.54. The first-order valence-electron chi connectivity index (χ1n) is 9.76. The van der Waals surface area contributed by atoms with Gasteiger partial charge < -0.3 is 20.1 Å². The number of ether oxygens (including phenoxy) is 1. The number of piperidine rings is 1. The molecule has 28 heavy (non-hydrogen) atoms. The Hall–Kier alpha value is -2.08. The number of carbonyl (C=O) groups excluding carboxylic acids is 1. The number of hydrogen-bond donors (Lipinski definition) is 2. The van der Waals surface area contributed by atoms with Gasteiger partial charge in [-0.05, 0) is 68.2 Å². The summed E-state index contributed by atoms with van der Waals surface area (Å²) in [5, 5.41) is 14.7. The second-order valence-corrected chi connectivity index (χ2v) is 7.98. The molecule has 2 aliphatic heterocycles. The molecule has 1 atom stereocenters. The van der Waals surface area contributed by atoms with Gasteiger partial charge in [-0.1, -0.05) is 24.1 Å². The van der Waals surface area contributed by atoms with Crippen LogP contribution in [0.25, 0.3) is 0 Å². The lowest BCUT2D eigenvalue weighted by Gasteiger charge is -2.27. The third-order valence-electron chi connectivity index (χ3n) is 5.77. The van der Waals surface area contributed by atoms with Crippen LogP contribution in [0.4, 0.5) is 5.69 Å². The Morgan fingerprint density at radius 1 is 1.14 bits per heavy atom. The highest BCUT2D eigenvalue weighted by molar-refractivity contribution is 6.31. The molecule has 2 aliphatic rings. The van der Waals surface area contributed by atoms with E-state index in [9.17, 15) is 9.90 Å². The number of anilines is 1. The number of carbonyl (C=O) groups is 1. The molecule has 148 valence electrons. The minimum atomic E-state index is -1.83. The summed E-state index contributed by atoms with van der Waals surface area (Å²) < 4.78 is 5.48. The van der Waals surface area contributed by atoms with Crippen LogP contribution in [0.5, 0.6) is 5.75 Å². The highest BCUT2D eigenvalue weighted by Gasteiger charge is 2.48. The summed E-state index contributed by atoms with van der Waals surface area (Å²) in [6, 6.07) is 10.8. The Labute approximate surface area is 170 Å². The number of aliphatic hydroxyl groups is 1. The monoisotopic (exact) mass is 400 g/mol. The van der Waals surface area contributed by atoms with Crippen molar-refractivity contribution in [2.45, 2.75) is 31.3 Å². The van der Waals surface area contributed by atoms with Gasteiger partial charge in [-0.3, -0.25) is 4.79 Å². The molecule has 6 heteroatoms. The number of methoxy groups -OCH3 is 1. The van der Waals surface area contributed by atoms with Gasteiger partial charge in [-0.2, -0.15) is 0 Å². The van der Waals surface area contributed by atoms with Crippen LogP contribution in [0, 0.1) is 0 Å². The highest BCUT2D eigenvalue weighted by Crippen LogP contribution is 2.45. The van der Waals surface area contributed by atoms with Crippen LogP contribution in [0.15, 0.2) is 36.4 Å². The Bertz CT molecular complexity index is 895. The summed E-state index contributed by atoms with van der Waals surface area (Å²) in [6.07, 6.45) is 4.68. The maximum Gasteiger partial charge on any atom is 0.266 e. The molecule has 1 amide bonds. The Morgan fingerprint density at radius 2 is 1.93 bits per heavy atom. The van der Waals surface area contributed by atoms with Crippen LogP contribution < -0.4 is 10.1 Å². The van der Waals surface area contributed by atoms with E-state index in [1.807, 2.05) is 18.2 Å². The molecule has 0 spiro atoms. The molecule has 2 heterocycles. The smallest absolute Gasteiger partial charge is 0.266 e. The van der Waals surface area contributed by atoms with Crippen molar-refractivity contribution in [3.05, 3.63) is 58.1 Å². The van der Waals surface area contributed by atoms with Crippen LogP contribution in [-0.2, 0) is 16.8 Å². The van der Waals surface area contributed by atoms with Crippen molar-refractivity contribution >= 4 is 23.2 Å². The minimum Gasteiger partial charge on any atom is -0.496 e. The summed E-state index contributed by atoms with van der Waals surface area (Å²) in [5.41, 5.74) is 0.712. The van der Waals surface area contributed by atoms with Crippen molar-refractivity contribution in [2.24, 2.45) is 0 Å². The molecule has 0 aliphatic carbocycles. The molecule has 5 nitrogen and oxygen atoms in total. The zero-order valence-electron chi connectivity index (χ0n) is 16.0. The summed E-state index contributed by atoms with van der Waals surface area (Å²) in [4.78, 5) is 15.3. The summed E-state index contributed by atoms with van der Waals surface area (Å²) in [6.45, 7) is 3.25. The fourth-order valence-electron chi connectivity index (χ4n) is 4.19. The van der Waals surface area contributed by atoms with Crippen molar-refractivity contribution in [3.8, 4) is 5.75 Å². The maximum atomic E-state index is 12.8. The molecule has 0 radical (unpaired) electrons. The zero-order chi connectivity index (χ0) is 19.7. The van der Waals surface area contributed by atoms with Gasteiger partial charge in [-0.15, -0.1) is 0 Å². The average Bonchev–Trinajstić information content (AvgIpc) is 2.98.